The summed E-state index contributed by atoms with van der Waals surface area (Å²) < 4.78 is 1.79. The van der Waals surface area contributed by atoms with E-state index >= 15 is 0 Å². The van der Waals surface area contributed by atoms with E-state index in [0.717, 1.165) is 40.4 Å². The lowest BCUT2D eigenvalue weighted by atomic mass is 10.2. The first-order chi connectivity index (χ1) is 13.8. The summed E-state index contributed by atoms with van der Waals surface area (Å²) in [6.45, 7) is 0.740. The molecule has 0 radical (unpaired) electrons. The van der Waals surface area contributed by atoms with E-state index in [-0.39, 0.29) is 5.91 Å². The van der Waals surface area contributed by atoms with Crippen molar-refractivity contribution in [2.24, 2.45) is 0 Å². The maximum atomic E-state index is 12.8. The highest BCUT2D eigenvalue weighted by Gasteiger charge is 2.24. The van der Waals surface area contributed by atoms with E-state index < -0.39 is 0 Å². The summed E-state index contributed by atoms with van der Waals surface area (Å²) in [6, 6.07) is 17.9. The van der Waals surface area contributed by atoms with Gasteiger partial charge in [-0.1, -0.05) is 48.2 Å². The van der Waals surface area contributed by atoms with Gasteiger partial charge in [0.2, 0.25) is 5.91 Å². The van der Waals surface area contributed by atoms with Crippen LogP contribution >= 0.6 is 11.8 Å². The van der Waals surface area contributed by atoms with Crippen molar-refractivity contribution >= 4 is 34.4 Å². The van der Waals surface area contributed by atoms with Crippen LogP contribution in [0.3, 0.4) is 0 Å². The summed E-state index contributed by atoms with van der Waals surface area (Å²) in [6.07, 6.45) is 4.20. The molecule has 1 aliphatic heterocycles. The molecule has 1 aliphatic rings. The summed E-state index contributed by atoms with van der Waals surface area (Å²) in [7, 11) is 0. The maximum Gasteiger partial charge on any atom is 0.237 e. The standard InChI is InChI=1S/C21H17N5OS/c27-19(25-11-10-15-6-4-5-9-18(15)25)13-28-21-17-12-24-26(20(17)22-14-23-21)16-7-2-1-3-8-16/h1-9,12,14H,10-11,13H2. The summed E-state index contributed by atoms with van der Waals surface area (Å²) in [5.41, 5.74) is 3.94. The first kappa shape index (κ1) is 16.9. The molecule has 0 saturated heterocycles. The van der Waals surface area contributed by atoms with E-state index in [1.807, 2.05) is 53.4 Å². The zero-order chi connectivity index (χ0) is 18.9. The molecule has 0 aliphatic carbocycles. The van der Waals surface area contributed by atoms with E-state index in [0.29, 0.717) is 5.75 Å². The third kappa shape index (κ3) is 2.93. The number of aromatic nitrogens is 4. The largest absolute Gasteiger partial charge is 0.311 e. The Morgan fingerprint density at radius 1 is 1.04 bits per heavy atom. The Hall–Kier alpha value is -3.19. The minimum atomic E-state index is 0.0946. The van der Waals surface area contributed by atoms with Crippen LogP contribution in [0.25, 0.3) is 16.7 Å². The number of anilines is 1. The summed E-state index contributed by atoms with van der Waals surface area (Å²) >= 11 is 1.43. The molecule has 0 N–H and O–H groups in total. The smallest absolute Gasteiger partial charge is 0.237 e. The number of nitrogens with zero attached hydrogens (tertiary/aromatic N) is 5. The van der Waals surface area contributed by atoms with Crippen LogP contribution in [0.2, 0.25) is 0 Å². The molecule has 0 spiro atoms. The number of hydrogen-bond donors (Lipinski definition) is 0. The van der Waals surface area contributed by atoms with Gasteiger partial charge in [-0.15, -0.1) is 0 Å². The van der Waals surface area contributed by atoms with Gasteiger partial charge in [-0.3, -0.25) is 4.79 Å². The van der Waals surface area contributed by atoms with Crippen molar-refractivity contribution in [2.45, 2.75) is 11.4 Å². The Bertz CT molecular complexity index is 1160. The van der Waals surface area contributed by atoms with Gasteiger partial charge in [0, 0.05) is 12.2 Å². The molecule has 2 aromatic carbocycles. The average Bonchev–Trinajstić information content (AvgIpc) is 3.37. The van der Waals surface area contributed by atoms with E-state index in [2.05, 4.69) is 21.1 Å². The van der Waals surface area contributed by atoms with Gasteiger partial charge in [0.15, 0.2) is 5.65 Å². The monoisotopic (exact) mass is 387 g/mol. The number of carbonyl (C=O) groups is 1. The lowest BCUT2D eigenvalue weighted by molar-refractivity contribution is -0.116. The maximum absolute atomic E-state index is 12.8. The van der Waals surface area contributed by atoms with Crippen molar-refractivity contribution < 1.29 is 4.79 Å². The SMILES string of the molecule is O=C(CSc1ncnc2c1cnn2-c1ccccc1)N1CCc2ccccc21. The van der Waals surface area contributed by atoms with Gasteiger partial charge >= 0.3 is 0 Å². The zero-order valence-corrected chi connectivity index (χ0v) is 15.8. The van der Waals surface area contributed by atoms with Crippen LogP contribution in [0, 0.1) is 0 Å². The molecule has 0 atom stereocenters. The van der Waals surface area contributed by atoms with Crippen LogP contribution in [0.5, 0.6) is 0 Å². The molecule has 28 heavy (non-hydrogen) atoms. The summed E-state index contributed by atoms with van der Waals surface area (Å²) in [4.78, 5) is 23.4. The van der Waals surface area contributed by atoms with Gasteiger partial charge in [0.1, 0.15) is 11.4 Å². The Labute approximate surface area is 166 Å². The summed E-state index contributed by atoms with van der Waals surface area (Å²) in [5, 5.41) is 6.09. The van der Waals surface area contributed by atoms with Crippen LogP contribution in [-0.4, -0.2) is 38.0 Å². The lowest BCUT2D eigenvalue weighted by Gasteiger charge is -2.16. The Morgan fingerprint density at radius 3 is 2.75 bits per heavy atom. The van der Waals surface area contributed by atoms with Gasteiger partial charge in [-0.25, -0.2) is 14.6 Å². The van der Waals surface area contributed by atoms with Crippen LogP contribution in [0.1, 0.15) is 5.56 Å². The Kier molecular flexibility index (Phi) is 4.29. The number of fused-ring (bicyclic) bond motifs is 2. The van der Waals surface area contributed by atoms with E-state index in [4.69, 9.17) is 0 Å². The van der Waals surface area contributed by atoms with Crippen molar-refractivity contribution in [2.75, 3.05) is 17.2 Å². The van der Waals surface area contributed by atoms with Crippen molar-refractivity contribution in [1.82, 2.24) is 19.7 Å². The van der Waals surface area contributed by atoms with Crippen LogP contribution in [0.4, 0.5) is 5.69 Å². The quantitative estimate of drug-likeness (QED) is 0.396. The predicted molar refractivity (Wildman–Crippen MR) is 110 cm³/mol. The second kappa shape index (κ2) is 7.09. The molecule has 4 aromatic rings. The van der Waals surface area contributed by atoms with Crippen molar-refractivity contribution in [3.8, 4) is 5.69 Å². The molecule has 0 bridgehead atoms. The van der Waals surface area contributed by atoms with Crippen molar-refractivity contribution in [3.63, 3.8) is 0 Å². The second-order valence-corrected chi connectivity index (χ2v) is 7.48. The number of para-hydroxylation sites is 2. The van der Waals surface area contributed by atoms with Crippen LogP contribution in [0.15, 0.2) is 72.1 Å². The Balaban J connectivity index is 1.38. The fraction of sp³-hybridized carbons (Fsp3) is 0.143. The van der Waals surface area contributed by atoms with E-state index in [9.17, 15) is 4.79 Å². The van der Waals surface area contributed by atoms with Crippen LogP contribution in [-0.2, 0) is 11.2 Å². The molecule has 3 heterocycles. The number of thioether (sulfide) groups is 1. The van der Waals surface area contributed by atoms with Gasteiger partial charge in [0.25, 0.3) is 0 Å². The first-order valence-corrected chi connectivity index (χ1v) is 10.0. The van der Waals surface area contributed by atoms with Gasteiger partial charge in [-0.05, 0) is 30.2 Å². The molecule has 6 nitrogen and oxygen atoms in total. The number of amides is 1. The number of carbonyl (C=O) groups excluding carboxylic acids is 1. The fourth-order valence-electron chi connectivity index (χ4n) is 3.50. The number of benzene rings is 2. The molecule has 2 aromatic heterocycles. The molecular weight excluding hydrogens is 370 g/mol. The molecule has 5 rings (SSSR count). The highest BCUT2D eigenvalue weighted by atomic mass is 32.2. The minimum absolute atomic E-state index is 0.0946. The summed E-state index contributed by atoms with van der Waals surface area (Å²) in [5.74, 6) is 0.425. The number of hydrogen-bond acceptors (Lipinski definition) is 5. The molecule has 0 unspecified atom stereocenters. The first-order valence-electron chi connectivity index (χ1n) is 9.06. The zero-order valence-electron chi connectivity index (χ0n) is 15.0. The molecular formula is C21H17N5OS. The predicted octanol–water partition coefficient (Wildman–Crippen LogP) is 3.50. The van der Waals surface area contributed by atoms with Gasteiger partial charge in [-0.2, -0.15) is 5.10 Å². The minimum Gasteiger partial charge on any atom is -0.311 e. The highest BCUT2D eigenvalue weighted by Crippen LogP contribution is 2.30. The number of rotatable bonds is 4. The third-order valence-electron chi connectivity index (χ3n) is 4.85. The van der Waals surface area contributed by atoms with Gasteiger partial charge in [0.05, 0.1) is 23.0 Å². The molecule has 0 saturated carbocycles. The Morgan fingerprint density at radius 2 is 1.86 bits per heavy atom. The van der Waals surface area contributed by atoms with Crippen LogP contribution < -0.4 is 4.90 Å². The van der Waals surface area contributed by atoms with Crippen molar-refractivity contribution in [1.29, 1.82) is 0 Å². The lowest BCUT2D eigenvalue weighted by Crippen LogP contribution is -2.30. The van der Waals surface area contributed by atoms with Crippen molar-refractivity contribution in [3.05, 3.63) is 72.7 Å². The fourth-order valence-corrected chi connectivity index (χ4v) is 4.34. The van der Waals surface area contributed by atoms with Gasteiger partial charge < -0.3 is 4.90 Å². The van der Waals surface area contributed by atoms with E-state index in [1.54, 1.807) is 10.9 Å². The second-order valence-electron chi connectivity index (χ2n) is 6.52. The third-order valence-corrected chi connectivity index (χ3v) is 5.84. The average molecular weight is 387 g/mol. The molecule has 0 fully saturated rings. The van der Waals surface area contributed by atoms with E-state index in [1.165, 1.54) is 23.7 Å². The normalized spacial score (nSPS) is 13.1. The topological polar surface area (TPSA) is 63.9 Å². The highest BCUT2D eigenvalue weighted by molar-refractivity contribution is 8.00. The molecule has 1 amide bonds. The molecule has 138 valence electrons. The molecule has 7 heteroatoms.